The second-order valence-corrected chi connectivity index (χ2v) is 14.2. The Morgan fingerprint density at radius 3 is 1.48 bits per heavy atom. The fraction of sp³-hybridized carbons (Fsp3) is 0.0714. The lowest BCUT2D eigenvalue weighted by atomic mass is 9.98. The van der Waals surface area contributed by atoms with Gasteiger partial charge in [-0.2, -0.15) is 39.5 Å². The Morgan fingerprint density at radius 1 is 0.500 bits per heavy atom. The van der Waals surface area contributed by atoms with Gasteiger partial charge in [-0.15, -0.1) is 20.4 Å². The summed E-state index contributed by atoms with van der Waals surface area (Å²) in [6.45, 7) is 0. The first kappa shape index (κ1) is 41.6. The molecule has 8 aromatic rings. The van der Waals surface area contributed by atoms with E-state index < -0.39 is 35.2 Å². The van der Waals surface area contributed by atoms with E-state index >= 15 is 0 Å². The van der Waals surface area contributed by atoms with Crippen molar-refractivity contribution in [3.63, 3.8) is 0 Å². The van der Waals surface area contributed by atoms with Crippen LogP contribution in [0.25, 0.3) is 55.0 Å². The van der Waals surface area contributed by atoms with E-state index in [1.165, 1.54) is 53.8 Å². The predicted octanol–water partition coefficient (Wildman–Crippen LogP) is 13.3. The van der Waals surface area contributed by atoms with Crippen molar-refractivity contribution >= 4 is 38.3 Å². The van der Waals surface area contributed by atoms with Crippen LogP contribution < -0.4 is 10.5 Å². The van der Waals surface area contributed by atoms with E-state index in [1.54, 1.807) is 12.1 Å². The lowest BCUT2D eigenvalue weighted by Gasteiger charge is -2.13. The molecule has 0 unspecified atom stereocenters. The molecule has 0 saturated heterocycles. The molecule has 0 aliphatic rings. The normalized spacial score (nSPS) is 11.9. The van der Waals surface area contributed by atoms with Gasteiger partial charge in [-0.25, -0.2) is 4.98 Å². The highest BCUT2D eigenvalue weighted by atomic mass is 35.5. The number of aromatic nitrogens is 5. The molecule has 5 aromatic carbocycles. The first-order chi connectivity index (χ1) is 28.4. The predicted molar refractivity (Wildman–Crippen MR) is 210 cm³/mol. The van der Waals surface area contributed by atoms with Crippen LogP contribution in [0.4, 0.5) is 44.6 Å². The van der Waals surface area contributed by atoms with Gasteiger partial charge in [0.05, 0.1) is 21.4 Å². The lowest BCUT2D eigenvalue weighted by Crippen LogP contribution is -2.04. The fourth-order valence-electron chi connectivity index (χ4n) is 5.88. The SMILES string of the molecule is FC(F)(F)c1ccc(-c2cc(Cl)nnc2-c2ccc(C(F)(F)F)cc2)cc1.Nc1nc2c(Oc3cc(-c4ccc(C(F)(F)F)cc4)c(-c4ccccc4)nn3)cccc2s1. The minimum Gasteiger partial charge on any atom is -0.435 e. The summed E-state index contributed by atoms with van der Waals surface area (Å²) in [4.78, 5) is 4.30. The molecule has 304 valence electrons. The third kappa shape index (κ3) is 9.48. The van der Waals surface area contributed by atoms with Crippen LogP contribution >= 0.6 is 22.9 Å². The highest BCUT2D eigenvalue weighted by Crippen LogP contribution is 2.39. The maximum atomic E-state index is 13.0. The molecule has 0 aliphatic carbocycles. The number of para-hydroxylation sites is 1. The molecule has 2 N–H and O–H groups in total. The number of halogens is 10. The molecule has 0 spiro atoms. The Balaban J connectivity index is 0.000000186. The zero-order chi connectivity index (χ0) is 42.8. The van der Waals surface area contributed by atoms with Crippen LogP contribution in [-0.2, 0) is 18.5 Å². The first-order valence-corrected chi connectivity index (χ1v) is 18.5. The van der Waals surface area contributed by atoms with Gasteiger partial charge in [0.25, 0.3) is 0 Å². The number of fused-ring (bicyclic) bond motifs is 1. The third-order valence-electron chi connectivity index (χ3n) is 8.73. The topological polar surface area (TPSA) is 99.7 Å². The minimum atomic E-state index is -4.49. The number of nitrogens with zero attached hydrogens (tertiary/aromatic N) is 5. The molecule has 0 bridgehead atoms. The number of hydrogen-bond acceptors (Lipinski definition) is 8. The van der Waals surface area contributed by atoms with Crippen molar-refractivity contribution in [3.8, 4) is 56.4 Å². The molecular weight excluding hydrogens is 843 g/mol. The third-order valence-corrected chi connectivity index (χ3v) is 9.76. The first-order valence-electron chi connectivity index (χ1n) is 17.3. The van der Waals surface area contributed by atoms with Gasteiger partial charge in [0.2, 0.25) is 5.88 Å². The molecule has 0 radical (unpaired) electrons. The number of rotatable bonds is 6. The molecule has 3 heterocycles. The standard InChI is InChI=1S/C24H15F3N4OS.C18H9ClF6N2/c25-24(26,27)16-11-9-14(10-12-16)17-13-20(30-31-21(17)15-5-2-1-3-6-15)32-18-7-4-8-19-22(18)29-23(28)33-19;19-15-9-14(10-1-5-12(6-2-10)17(20,21)22)16(27-26-15)11-3-7-13(8-4-11)18(23,24)25/h1-13H,(H2,28,29);1-9H. The average molecular weight is 867 g/mol. The number of thiazole rings is 1. The highest BCUT2D eigenvalue weighted by Gasteiger charge is 2.32. The second-order valence-electron chi connectivity index (χ2n) is 12.7. The number of ether oxygens (including phenoxy) is 1. The molecule has 0 saturated carbocycles. The Kier molecular flexibility index (Phi) is 11.5. The zero-order valence-corrected chi connectivity index (χ0v) is 31.7. The summed E-state index contributed by atoms with van der Waals surface area (Å²) in [6, 6.07) is 31.2. The van der Waals surface area contributed by atoms with Crippen LogP contribution in [0.2, 0.25) is 5.15 Å². The molecule has 3 aromatic heterocycles. The van der Waals surface area contributed by atoms with Crippen molar-refractivity contribution in [3.05, 3.63) is 155 Å². The van der Waals surface area contributed by atoms with Crippen LogP contribution in [-0.4, -0.2) is 25.4 Å². The van der Waals surface area contributed by atoms with Crippen LogP contribution in [0.1, 0.15) is 16.7 Å². The Bertz CT molecular complexity index is 2760. The molecule has 8 rings (SSSR count). The molecule has 0 atom stereocenters. The molecule has 0 fully saturated rings. The molecule has 18 heteroatoms. The number of nitrogens with two attached hydrogens (primary N) is 1. The summed E-state index contributed by atoms with van der Waals surface area (Å²) < 4.78 is 122. The molecular formula is C42H24ClF9N6OS. The summed E-state index contributed by atoms with van der Waals surface area (Å²) in [6.07, 6.45) is -13.4. The lowest BCUT2D eigenvalue weighted by molar-refractivity contribution is -0.138. The average Bonchev–Trinajstić information content (AvgIpc) is 3.62. The second kappa shape index (κ2) is 16.6. The van der Waals surface area contributed by atoms with Crippen LogP contribution in [0, 0.1) is 0 Å². The van der Waals surface area contributed by atoms with Gasteiger partial charge < -0.3 is 10.5 Å². The quantitative estimate of drug-likeness (QED) is 0.166. The van der Waals surface area contributed by atoms with Gasteiger partial charge >= 0.3 is 18.5 Å². The smallest absolute Gasteiger partial charge is 0.416 e. The molecule has 7 nitrogen and oxygen atoms in total. The minimum absolute atomic E-state index is 0.000518. The zero-order valence-electron chi connectivity index (χ0n) is 30.1. The number of nitrogen functional groups attached to an aromatic ring is 1. The van der Waals surface area contributed by atoms with Gasteiger partial charge in [-0.3, -0.25) is 0 Å². The van der Waals surface area contributed by atoms with E-state index in [0.29, 0.717) is 49.9 Å². The number of anilines is 1. The number of benzene rings is 5. The summed E-state index contributed by atoms with van der Waals surface area (Å²) >= 11 is 7.18. The van der Waals surface area contributed by atoms with Gasteiger partial charge in [0.1, 0.15) is 16.9 Å². The van der Waals surface area contributed by atoms with E-state index in [0.717, 1.165) is 46.7 Å². The fourth-order valence-corrected chi connectivity index (χ4v) is 6.78. The maximum absolute atomic E-state index is 13.0. The monoisotopic (exact) mass is 866 g/mol. The molecule has 0 aliphatic heterocycles. The Labute approximate surface area is 342 Å². The van der Waals surface area contributed by atoms with Crippen molar-refractivity contribution in [1.29, 1.82) is 0 Å². The van der Waals surface area contributed by atoms with E-state index in [-0.39, 0.29) is 16.7 Å². The summed E-state index contributed by atoms with van der Waals surface area (Å²) in [5, 5.41) is 16.5. The highest BCUT2D eigenvalue weighted by molar-refractivity contribution is 7.22. The van der Waals surface area contributed by atoms with E-state index in [2.05, 4.69) is 25.4 Å². The molecule has 60 heavy (non-hydrogen) atoms. The van der Waals surface area contributed by atoms with Gasteiger partial charge in [0.15, 0.2) is 16.0 Å². The van der Waals surface area contributed by atoms with Crippen molar-refractivity contribution < 1.29 is 44.3 Å². The van der Waals surface area contributed by atoms with Crippen molar-refractivity contribution in [2.45, 2.75) is 18.5 Å². The maximum Gasteiger partial charge on any atom is 0.416 e. The summed E-state index contributed by atoms with van der Waals surface area (Å²) in [5.74, 6) is 0.643. The van der Waals surface area contributed by atoms with Gasteiger partial charge in [0, 0.05) is 28.3 Å². The van der Waals surface area contributed by atoms with Crippen LogP contribution in [0.5, 0.6) is 11.6 Å². The number of hydrogen-bond donors (Lipinski definition) is 1. The molecule has 0 amide bonds. The van der Waals surface area contributed by atoms with Crippen LogP contribution in [0.15, 0.2) is 133 Å². The van der Waals surface area contributed by atoms with Crippen LogP contribution in [0.3, 0.4) is 0 Å². The van der Waals surface area contributed by atoms with E-state index in [1.807, 2.05) is 42.5 Å². The van der Waals surface area contributed by atoms with Gasteiger partial charge in [-0.05, 0) is 65.7 Å². The van der Waals surface area contributed by atoms with Crippen molar-refractivity contribution in [2.24, 2.45) is 0 Å². The Hall–Kier alpha value is -6.59. The summed E-state index contributed by atoms with van der Waals surface area (Å²) in [7, 11) is 0. The number of alkyl halides is 9. The summed E-state index contributed by atoms with van der Waals surface area (Å²) in [5.41, 5.74) is 7.74. The van der Waals surface area contributed by atoms with E-state index in [4.69, 9.17) is 22.1 Å². The van der Waals surface area contributed by atoms with Crippen molar-refractivity contribution in [2.75, 3.05) is 5.73 Å². The Morgan fingerprint density at radius 2 is 0.967 bits per heavy atom. The van der Waals surface area contributed by atoms with Gasteiger partial charge in [-0.1, -0.05) is 95.7 Å². The van der Waals surface area contributed by atoms with E-state index in [9.17, 15) is 39.5 Å². The van der Waals surface area contributed by atoms with Crippen molar-refractivity contribution in [1.82, 2.24) is 25.4 Å². The largest absolute Gasteiger partial charge is 0.435 e.